The first-order valence-corrected chi connectivity index (χ1v) is 5.95. The molecule has 0 spiro atoms. The Morgan fingerprint density at radius 2 is 1.87 bits per heavy atom. The summed E-state index contributed by atoms with van der Waals surface area (Å²) in [5, 5.41) is 0. The minimum absolute atomic E-state index is 0.320. The summed E-state index contributed by atoms with van der Waals surface area (Å²) in [5.74, 6) is -0.741. The minimum atomic E-state index is -3.77. The van der Waals surface area contributed by atoms with Crippen LogP contribution in [0.15, 0.2) is 17.3 Å². The van der Waals surface area contributed by atoms with Crippen molar-refractivity contribution in [2.24, 2.45) is 7.05 Å². The van der Waals surface area contributed by atoms with Crippen molar-refractivity contribution < 1.29 is 12.8 Å². The maximum atomic E-state index is 13.2. The summed E-state index contributed by atoms with van der Waals surface area (Å²) in [6.45, 7) is 5.10. The van der Waals surface area contributed by atoms with E-state index in [2.05, 4.69) is 4.72 Å². The van der Waals surface area contributed by atoms with Gasteiger partial charge < -0.3 is 4.57 Å². The number of nitrogens with zero attached hydrogens (tertiary/aromatic N) is 1. The predicted molar refractivity (Wildman–Crippen MR) is 55.4 cm³/mol. The lowest BCUT2D eigenvalue weighted by atomic mass is 10.1. The Morgan fingerprint density at radius 1 is 1.33 bits per heavy atom. The van der Waals surface area contributed by atoms with Crippen LogP contribution in [-0.2, 0) is 17.1 Å². The van der Waals surface area contributed by atoms with Crippen molar-refractivity contribution in [3.05, 3.63) is 18.2 Å². The summed E-state index contributed by atoms with van der Waals surface area (Å²) in [6.07, 6.45) is 2.36. The third kappa shape index (κ3) is 3.04. The molecule has 1 aromatic rings. The Kier molecular flexibility index (Phi) is 2.93. The lowest BCUT2D eigenvalue weighted by Gasteiger charge is -2.19. The van der Waals surface area contributed by atoms with Crippen molar-refractivity contribution in [3.63, 3.8) is 0 Å². The van der Waals surface area contributed by atoms with Crippen LogP contribution >= 0.6 is 0 Å². The molecule has 0 aliphatic heterocycles. The molecule has 0 bridgehead atoms. The molecule has 1 aromatic heterocycles. The topological polar surface area (TPSA) is 51.1 Å². The second-order valence-corrected chi connectivity index (χ2v) is 6.14. The smallest absolute Gasteiger partial charge is 0.245 e. The zero-order valence-electron chi connectivity index (χ0n) is 9.20. The fraction of sp³-hybridized carbons (Fsp3) is 0.556. The van der Waals surface area contributed by atoms with Crippen molar-refractivity contribution in [1.82, 2.24) is 9.29 Å². The summed E-state index contributed by atoms with van der Waals surface area (Å²) in [4.78, 5) is -0.320. The third-order valence-corrected chi connectivity index (χ3v) is 3.36. The van der Waals surface area contributed by atoms with Gasteiger partial charge in [-0.25, -0.2) is 17.5 Å². The van der Waals surface area contributed by atoms with E-state index in [1.165, 1.54) is 10.8 Å². The molecule has 0 atom stereocenters. The molecule has 86 valence electrons. The second-order valence-electron chi connectivity index (χ2n) is 4.49. The molecule has 0 aliphatic carbocycles. The number of aryl methyl sites for hydroxylation is 1. The van der Waals surface area contributed by atoms with E-state index in [0.717, 1.165) is 6.20 Å². The highest BCUT2D eigenvalue weighted by Crippen LogP contribution is 2.16. The zero-order valence-corrected chi connectivity index (χ0v) is 10.0. The van der Waals surface area contributed by atoms with E-state index >= 15 is 0 Å². The molecule has 4 nitrogen and oxygen atoms in total. The molecule has 0 aliphatic rings. The number of hydrogen-bond acceptors (Lipinski definition) is 2. The van der Waals surface area contributed by atoms with Gasteiger partial charge in [-0.05, 0) is 20.8 Å². The molecule has 0 aromatic carbocycles. The molecule has 1 heterocycles. The van der Waals surface area contributed by atoms with Gasteiger partial charge in [0.25, 0.3) is 0 Å². The van der Waals surface area contributed by atoms with Crippen LogP contribution in [0.2, 0.25) is 0 Å². The third-order valence-electron chi connectivity index (χ3n) is 1.60. The van der Waals surface area contributed by atoms with Crippen LogP contribution in [0.4, 0.5) is 4.39 Å². The van der Waals surface area contributed by atoms with E-state index in [1.807, 2.05) is 0 Å². The molecule has 1 N–H and O–H groups in total. The molecular formula is C9H15FN2O2S. The van der Waals surface area contributed by atoms with Gasteiger partial charge in [0.1, 0.15) is 4.90 Å². The van der Waals surface area contributed by atoms with Crippen molar-refractivity contribution in [3.8, 4) is 0 Å². The van der Waals surface area contributed by atoms with E-state index in [9.17, 15) is 12.8 Å². The van der Waals surface area contributed by atoms with Gasteiger partial charge in [-0.1, -0.05) is 0 Å². The van der Waals surface area contributed by atoms with E-state index in [0.29, 0.717) is 0 Å². The second kappa shape index (κ2) is 3.61. The van der Waals surface area contributed by atoms with Crippen molar-refractivity contribution in [1.29, 1.82) is 0 Å². The fourth-order valence-corrected chi connectivity index (χ4v) is 2.71. The molecule has 0 unspecified atom stereocenters. The molecule has 0 radical (unpaired) electrons. The van der Waals surface area contributed by atoms with Crippen molar-refractivity contribution in [2.45, 2.75) is 31.2 Å². The SMILES string of the molecule is Cn1cc(F)c(S(=O)(=O)NC(C)(C)C)c1. The lowest BCUT2D eigenvalue weighted by molar-refractivity contribution is 0.487. The van der Waals surface area contributed by atoms with Gasteiger partial charge in [-0.3, -0.25) is 0 Å². The van der Waals surface area contributed by atoms with Gasteiger partial charge in [0, 0.05) is 25.0 Å². The number of nitrogens with one attached hydrogen (secondary N) is 1. The van der Waals surface area contributed by atoms with E-state index < -0.39 is 21.4 Å². The number of aromatic nitrogens is 1. The minimum Gasteiger partial charge on any atom is -0.353 e. The van der Waals surface area contributed by atoms with Crippen LogP contribution in [0.1, 0.15) is 20.8 Å². The van der Waals surface area contributed by atoms with Gasteiger partial charge in [-0.15, -0.1) is 0 Å². The lowest BCUT2D eigenvalue weighted by Crippen LogP contribution is -2.40. The Bertz CT molecular complexity index is 457. The monoisotopic (exact) mass is 234 g/mol. The first-order chi connectivity index (χ1) is 6.62. The Morgan fingerprint density at radius 3 is 2.20 bits per heavy atom. The number of halogens is 1. The summed E-state index contributed by atoms with van der Waals surface area (Å²) in [7, 11) is -2.21. The molecule has 6 heteroatoms. The Labute approximate surface area is 89.2 Å². The Balaban J connectivity index is 3.13. The molecule has 1 rings (SSSR count). The number of sulfonamides is 1. The van der Waals surface area contributed by atoms with Gasteiger partial charge in [0.2, 0.25) is 10.0 Å². The van der Waals surface area contributed by atoms with E-state index in [4.69, 9.17) is 0 Å². The van der Waals surface area contributed by atoms with Crippen LogP contribution in [0.3, 0.4) is 0 Å². The van der Waals surface area contributed by atoms with Gasteiger partial charge >= 0.3 is 0 Å². The number of rotatable bonds is 2. The normalized spacial score (nSPS) is 13.1. The van der Waals surface area contributed by atoms with Crippen LogP contribution < -0.4 is 4.72 Å². The maximum Gasteiger partial charge on any atom is 0.245 e. The van der Waals surface area contributed by atoms with Gasteiger partial charge in [0.15, 0.2) is 5.82 Å². The first kappa shape index (κ1) is 12.2. The maximum absolute atomic E-state index is 13.2. The largest absolute Gasteiger partial charge is 0.353 e. The molecular weight excluding hydrogens is 219 g/mol. The predicted octanol–water partition coefficient (Wildman–Crippen LogP) is 1.24. The highest BCUT2D eigenvalue weighted by molar-refractivity contribution is 7.89. The molecule has 0 saturated heterocycles. The number of hydrogen-bond donors (Lipinski definition) is 1. The molecule has 15 heavy (non-hydrogen) atoms. The summed E-state index contributed by atoms with van der Waals surface area (Å²) in [5.41, 5.74) is -0.624. The summed E-state index contributed by atoms with van der Waals surface area (Å²) >= 11 is 0. The molecule has 0 fully saturated rings. The average molecular weight is 234 g/mol. The summed E-state index contributed by atoms with van der Waals surface area (Å²) < 4.78 is 40.4. The van der Waals surface area contributed by atoms with E-state index in [-0.39, 0.29) is 4.90 Å². The summed E-state index contributed by atoms with van der Waals surface area (Å²) in [6, 6.07) is 0. The Hall–Kier alpha value is -0.880. The van der Waals surface area contributed by atoms with Crippen LogP contribution in [-0.4, -0.2) is 18.5 Å². The highest BCUT2D eigenvalue weighted by atomic mass is 32.2. The average Bonchev–Trinajstić information content (AvgIpc) is 2.24. The quantitative estimate of drug-likeness (QED) is 0.837. The van der Waals surface area contributed by atoms with Crippen LogP contribution in [0.5, 0.6) is 0 Å². The fourth-order valence-electron chi connectivity index (χ4n) is 1.18. The van der Waals surface area contributed by atoms with Crippen LogP contribution in [0, 0.1) is 5.82 Å². The first-order valence-electron chi connectivity index (χ1n) is 4.47. The van der Waals surface area contributed by atoms with Crippen LogP contribution in [0.25, 0.3) is 0 Å². The van der Waals surface area contributed by atoms with Gasteiger partial charge in [0.05, 0.1) is 0 Å². The highest BCUT2D eigenvalue weighted by Gasteiger charge is 2.25. The molecule has 0 saturated carbocycles. The van der Waals surface area contributed by atoms with Crippen molar-refractivity contribution >= 4 is 10.0 Å². The zero-order chi connectivity index (χ0) is 11.9. The van der Waals surface area contributed by atoms with Crippen molar-refractivity contribution in [2.75, 3.05) is 0 Å². The van der Waals surface area contributed by atoms with Gasteiger partial charge in [-0.2, -0.15) is 0 Å². The van der Waals surface area contributed by atoms with E-state index in [1.54, 1.807) is 27.8 Å². The standard InChI is InChI=1S/C9H15FN2O2S/c1-9(2,3)11-15(13,14)8-6-12(4)5-7(8)10/h5-6,11H,1-4H3. The molecule has 0 amide bonds.